The minimum atomic E-state index is -3.88. The van der Waals surface area contributed by atoms with Gasteiger partial charge in [-0.25, -0.2) is 4.79 Å². The normalized spacial score (nSPS) is 17.8. The number of benzene rings is 3. The van der Waals surface area contributed by atoms with Gasteiger partial charge in [0.25, 0.3) is 10.1 Å². The number of hydrogen-bond donors (Lipinski definition) is 0. The maximum Gasteiger partial charge on any atom is 0.410 e. The lowest BCUT2D eigenvalue weighted by atomic mass is 9.79. The molecule has 0 radical (unpaired) electrons. The van der Waals surface area contributed by atoms with Gasteiger partial charge in [-0.15, -0.1) is 0 Å². The predicted octanol–water partition coefficient (Wildman–Crippen LogP) is 4.98. The molecule has 0 aromatic heterocycles. The molecule has 1 fully saturated rings. The van der Waals surface area contributed by atoms with Gasteiger partial charge >= 0.3 is 6.09 Å². The zero-order valence-electron chi connectivity index (χ0n) is 24.2. The van der Waals surface area contributed by atoms with Crippen LogP contribution in [0.4, 0.5) is 4.79 Å². The number of methoxy groups -OCH3 is 2. The van der Waals surface area contributed by atoms with Crippen LogP contribution in [0, 0.1) is 0 Å². The van der Waals surface area contributed by atoms with Gasteiger partial charge in [-0.3, -0.25) is 4.18 Å². The van der Waals surface area contributed by atoms with Gasteiger partial charge < -0.3 is 23.8 Å². The van der Waals surface area contributed by atoms with E-state index in [1.165, 1.54) is 4.90 Å². The van der Waals surface area contributed by atoms with Crippen LogP contribution in [0.2, 0.25) is 0 Å². The summed E-state index contributed by atoms with van der Waals surface area (Å²) in [5.41, 5.74) is 0.368. The van der Waals surface area contributed by atoms with Crippen molar-refractivity contribution in [2.45, 2.75) is 44.2 Å². The zero-order chi connectivity index (χ0) is 29.8. The third kappa shape index (κ3) is 7.19. The Kier molecular flexibility index (Phi) is 8.96. The highest BCUT2D eigenvalue weighted by Gasteiger charge is 2.47. The average molecular weight is 584 g/mol. The summed E-state index contributed by atoms with van der Waals surface area (Å²) in [5, 5.41) is 0. The molecule has 3 aromatic rings. The first-order valence-electron chi connectivity index (χ1n) is 13.2. The molecular formula is C31H37NO8S. The van der Waals surface area contributed by atoms with Crippen molar-refractivity contribution >= 4 is 16.2 Å². The highest BCUT2D eigenvalue weighted by atomic mass is 32.2. The van der Waals surface area contributed by atoms with Gasteiger partial charge in [0.05, 0.1) is 33.6 Å². The van der Waals surface area contributed by atoms with Crippen LogP contribution in [0.3, 0.4) is 0 Å². The number of likely N-dealkylation sites (tertiary alicyclic amines) is 1. The van der Waals surface area contributed by atoms with E-state index in [4.69, 9.17) is 23.1 Å². The van der Waals surface area contributed by atoms with Crippen LogP contribution in [0.15, 0.2) is 78.9 Å². The van der Waals surface area contributed by atoms with E-state index in [1.54, 1.807) is 35.0 Å². The lowest BCUT2D eigenvalue weighted by Gasteiger charge is -2.39. The summed E-state index contributed by atoms with van der Waals surface area (Å²) in [7, 11) is -0.697. The first kappa shape index (κ1) is 30.4. The van der Waals surface area contributed by atoms with Crippen LogP contribution in [0.25, 0.3) is 0 Å². The fourth-order valence-corrected chi connectivity index (χ4v) is 5.54. The van der Waals surface area contributed by atoms with Crippen molar-refractivity contribution < 1.29 is 36.3 Å². The molecule has 0 bridgehead atoms. The van der Waals surface area contributed by atoms with E-state index >= 15 is 0 Å². The lowest BCUT2D eigenvalue weighted by molar-refractivity contribution is -0.0745. The Labute approximate surface area is 242 Å². The van der Waals surface area contributed by atoms with Crippen molar-refractivity contribution in [1.82, 2.24) is 4.90 Å². The molecule has 0 saturated carbocycles. The topological polar surface area (TPSA) is 101 Å². The van der Waals surface area contributed by atoms with Gasteiger partial charge in [-0.2, -0.15) is 8.42 Å². The van der Waals surface area contributed by atoms with E-state index in [9.17, 15) is 13.2 Å². The maximum atomic E-state index is 13.0. The van der Waals surface area contributed by atoms with Gasteiger partial charge in [0.1, 0.15) is 34.9 Å². The lowest BCUT2D eigenvalue weighted by Crippen LogP contribution is -2.42. The van der Waals surface area contributed by atoms with Crippen LogP contribution in [-0.2, 0) is 29.4 Å². The Morgan fingerprint density at radius 3 is 1.66 bits per heavy atom. The molecule has 1 saturated heterocycles. The number of hydrogen-bond acceptors (Lipinski definition) is 8. The first-order valence-corrected chi connectivity index (χ1v) is 15.0. The summed E-state index contributed by atoms with van der Waals surface area (Å²) in [6.07, 6.45) is -1.42. The second kappa shape index (κ2) is 12.1. The van der Waals surface area contributed by atoms with Crippen molar-refractivity contribution in [2.75, 3.05) is 33.6 Å². The molecule has 3 aromatic carbocycles. The van der Waals surface area contributed by atoms with Crippen LogP contribution in [0.5, 0.6) is 11.5 Å². The molecule has 0 spiro atoms. The van der Waals surface area contributed by atoms with Gasteiger partial charge in [0.15, 0.2) is 0 Å². The molecule has 0 N–H and O–H groups in total. The molecule has 4 rings (SSSR count). The molecule has 2 atom stereocenters. The van der Waals surface area contributed by atoms with Crippen molar-refractivity contribution in [2.24, 2.45) is 0 Å². The summed E-state index contributed by atoms with van der Waals surface area (Å²) in [4.78, 5) is 14.5. The van der Waals surface area contributed by atoms with Gasteiger partial charge in [-0.05, 0) is 61.7 Å². The van der Waals surface area contributed by atoms with Gasteiger partial charge in [0.2, 0.25) is 0 Å². The minimum Gasteiger partial charge on any atom is -0.497 e. The standard InChI is InChI=1S/C31H37NO8S/c1-30(2,3)39-29(33)32-20-27(28(21-32)40-41(6,34)35)38-31(22-10-8-7-9-11-22,23-12-16-25(36-4)17-13-23)24-14-18-26(37-5)19-15-24/h7-19,27-28H,20-21H2,1-6H3/t27-,28+/m1/s1. The molecule has 1 amide bonds. The highest BCUT2D eigenvalue weighted by molar-refractivity contribution is 7.86. The Morgan fingerprint density at radius 2 is 1.22 bits per heavy atom. The second-order valence-corrected chi connectivity index (χ2v) is 12.5. The average Bonchev–Trinajstić information content (AvgIpc) is 3.32. The van der Waals surface area contributed by atoms with E-state index in [-0.39, 0.29) is 13.1 Å². The zero-order valence-corrected chi connectivity index (χ0v) is 25.0. The third-order valence-corrected chi connectivity index (χ3v) is 7.26. The van der Waals surface area contributed by atoms with Gasteiger partial charge in [-0.1, -0.05) is 54.6 Å². The van der Waals surface area contributed by atoms with Crippen LogP contribution < -0.4 is 9.47 Å². The number of nitrogens with zero attached hydrogens (tertiary/aromatic N) is 1. The maximum absolute atomic E-state index is 13.0. The van der Waals surface area contributed by atoms with Crippen molar-refractivity contribution in [3.8, 4) is 11.5 Å². The molecule has 0 aliphatic carbocycles. The number of carbonyl (C=O) groups is 1. The number of ether oxygens (including phenoxy) is 4. The predicted molar refractivity (Wildman–Crippen MR) is 155 cm³/mol. The van der Waals surface area contributed by atoms with E-state index in [0.717, 1.165) is 22.9 Å². The Bertz CT molecular complexity index is 1370. The number of amides is 1. The SMILES string of the molecule is COc1ccc(C(O[C@@H]2CN(C(=O)OC(C)(C)C)C[C@@H]2OS(C)(=O)=O)(c2ccccc2)c2ccc(OC)cc2)cc1. The van der Waals surface area contributed by atoms with E-state index in [1.807, 2.05) is 78.9 Å². The summed E-state index contributed by atoms with van der Waals surface area (Å²) in [6.45, 7) is 5.34. The Hall–Kier alpha value is -3.60. The fourth-order valence-electron chi connectivity index (χ4n) is 4.91. The number of carbonyl (C=O) groups excluding carboxylic acids is 1. The Morgan fingerprint density at radius 1 is 0.756 bits per heavy atom. The minimum absolute atomic E-state index is 0.0251. The third-order valence-electron chi connectivity index (χ3n) is 6.67. The highest BCUT2D eigenvalue weighted by Crippen LogP contribution is 2.44. The monoisotopic (exact) mass is 583 g/mol. The smallest absolute Gasteiger partial charge is 0.410 e. The Balaban J connectivity index is 1.88. The molecule has 1 aliphatic rings. The first-order chi connectivity index (χ1) is 19.3. The van der Waals surface area contributed by atoms with E-state index < -0.39 is 39.6 Å². The second-order valence-electron chi connectivity index (χ2n) is 10.9. The molecule has 41 heavy (non-hydrogen) atoms. The molecule has 0 unspecified atom stereocenters. The van der Waals surface area contributed by atoms with Crippen LogP contribution in [0.1, 0.15) is 37.5 Å². The van der Waals surface area contributed by atoms with Crippen molar-refractivity contribution in [3.05, 3.63) is 95.6 Å². The van der Waals surface area contributed by atoms with Crippen molar-refractivity contribution in [3.63, 3.8) is 0 Å². The van der Waals surface area contributed by atoms with Gasteiger partial charge in [0, 0.05) is 0 Å². The molecule has 1 heterocycles. The summed E-state index contributed by atoms with van der Waals surface area (Å²) in [6, 6.07) is 24.6. The molecule has 220 valence electrons. The fraction of sp³-hybridized carbons (Fsp3) is 0.387. The summed E-state index contributed by atoms with van der Waals surface area (Å²) >= 11 is 0. The van der Waals surface area contributed by atoms with Crippen molar-refractivity contribution in [1.29, 1.82) is 0 Å². The summed E-state index contributed by atoms with van der Waals surface area (Å²) in [5.74, 6) is 1.33. The number of rotatable bonds is 9. The largest absolute Gasteiger partial charge is 0.497 e. The quantitative estimate of drug-likeness (QED) is 0.257. The van der Waals surface area contributed by atoms with E-state index in [2.05, 4.69) is 0 Å². The molecular weight excluding hydrogens is 546 g/mol. The van der Waals surface area contributed by atoms with Crippen LogP contribution in [-0.4, -0.2) is 70.8 Å². The van der Waals surface area contributed by atoms with Crippen LogP contribution >= 0.6 is 0 Å². The molecule has 9 nitrogen and oxygen atoms in total. The molecule has 10 heteroatoms. The summed E-state index contributed by atoms with van der Waals surface area (Å²) < 4.78 is 53.6. The molecule has 1 aliphatic heterocycles. The van der Waals surface area contributed by atoms with E-state index in [0.29, 0.717) is 11.5 Å².